The quantitative estimate of drug-likeness (QED) is 0.262. The van der Waals surface area contributed by atoms with E-state index in [1.54, 1.807) is 12.1 Å². The van der Waals surface area contributed by atoms with Crippen LogP contribution in [0.2, 0.25) is 5.02 Å². The van der Waals surface area contributed by atoms with Gasteiger partial charge < -0.3 is 10.1 Å². The van der Waals surface area contributed by atoms with Gasteiger partial charge in [0, 0.05) is 17.1 Å². The summed E-state index contributed by atoms with van der Waals surface area (Å²) in [5.74, 6) is 0.608. The Morgan fingerprint density at radius 2 is 1.93 bits per heavy atom. The fourth-order valence-electron chi connectivity index (χ4n) is 1.58. The first kappa shape index (κ1) is 10.3. The summed E-state index contributed by atoms with van der Waals surface area (Å²) in [6.45, 7) is 5.12. The van der Waals surface area contributed by atoms with Crippen LogP contribution in [0.3, 0.4) is 0 Å². The molecule has 0 aromatic heterocycles. The third kappa shape index (κ3) is 1.92. The average molecular weight is 225 g/mol. The van der Waals surface area contributed by atoms with Crippen molar-refractivity contribution in [3.05, 3.63) is 34.9 Å². The summed E-state index contributed by atoms with van der Waals surface area (Å²) in [5.41, 5.74) is 0.980. The van der Waals surface area contributed by atoms with Crippen LogP contribution in [0.5, 0.6) is 0 Å². The highest BCUT2D eigenvalue weighted by atomic mass is 35.5. The summed E-state index contributed by atoms with van der Waals surface area (Å²) < 4.78 is 0. The van der Waals surface area contributed by atoms with Crippen LogP contribution >= 0.6 is 11.6 Å². The van der Waals surface area contributed by atoms with Crippen molar-refractivity contribution < 1.29 is 5.21 Å². The molecule has 80 valence electrons. The van der Waals surface area contributed by atoms with Gasteiger partial charge in [0.2, 0.25) is 0 Å². The van der Waals surface area contributed by atoms with Crippen molar-refractivity contribution in [1.29, 1.82) is 0 Å². The predicted octanol–water partition coefficient (Wildman–Crippen LogP) is 2.57. The lowest BCUT2D eigenvalue weighted by molar-refractivity contribution is 0.312. The molecular formula is C11H13ClN2O. The number of oxime groups is 1. The molecule has 1 aromatic carbocycles. The average Bonchev–Trinajstić information content (AvgIpc) is 2.80. The van der Waals surface area contributed by atoms with Crippen LogP contribution < -0.4 is 0 Å². The van der Waals surface area contributed by atoms with E-state index in [0.717, 1.165) is 12.1 Å². The highest BCUT2D eigenvalue weighted by molar-refractivity contribution is 6.30. The number of amidine groups is 1. The molecule has 0 radical (unpaired) electrons. The lowest BCUT2D eigenvalue weighted by Gasteiger charge is -2.10. The first-order valence-corrected chi connectivity index (χ1v) is 5.18. The van der Waals surface area contributed by atoms with Crippen LogP contribution in [-0.4, -0.2) is 28.0 Å². The molecule has 0 amide bonds. The van der Waals surface area contributed by atoms with Gasteiger partial charge in [0.25, 0.3) is 0 Å². The Bertz CT molecular complexity index is 398. The summed E-state index contributed by atoms with van der Waals surface area (Å²) in [5, 5.41) is 13.0. The van der Waals surface area contributed by atoms with E-state index < -0.39 is 0 Å². The number of rotatable bonds is 1. The molecule has 1 N–H and O–H groups in total. The van der Waals surface area contributed by atoms with Crippen LogP contribution in [0.25, 0.3) is 0 Å². The molecule has 1 aromatic rings. The molecule has 0 saturated carbocycles. The smallest absolute Gasteiger partial charge is 0.175 e. The molecule has 0 bridgehead atoms. The SMILES string of the molecule is CC1(C)CN1/C(=N\O)c1ccc(Cl)cc1. The Morgan fingerprint density at radius 1 is 1.40 bits per heavy atom. The van der Waals surface area contributed by atoms with E-state index in [9.17, 15) is 0 Å². The first-order valence-electron chi connectivity index (χ1n) is 4.80. The van der Waals surface area contributed by atoms with Gasteiger partial charge in [-0.05, 0) is 38.1 Å². The second kappa shape index (κ2) is 3.42. The maximum absolute atomic E-state index is 9.00. The molecule has 0 aliphatic carbocycles. The van der Waals surface area contributed by atoms with E-state index in [0.29, 0.717) is 10.9 Å². The summed E-state index contributed by atoms with van der Waals surface area (Å²) in [6.07, 6.45) is 0. The summed E-state index contributed by atoms with van der Waals surface area (Å²) in [4.78, 5) is 2.04. The van der Waals surface area contributed by atoms with Crippen molar-refractivity contribution >= 4 is 17.4 Å². The molecule has 15 heavy (non-hydrogen) atoms. The molecule has 2 rings (SSSR count). The number of halogens is 1. The standard InChI is InChI=1S/C11H13ClN2O/c1-11(2)7-14(11)10(13-15)8-3-5-9(12)6-4-8/h3-6,15H,7H2,1-2H3/b13-10-. The van der Waals surface area contributed by atoms with Crippen LogP contribution in [0.15, 0.2) is 29.4 Å². The maximum atomic E-state index is 9.00. The highest BCUT2D eigenvalue weighted by Gasteiger charge is 2.45. The molecule has 1 fully saturated rings. The largest absolute Gasteiger partial charge is 0.409 e. The molecular weight excluding hydrogens is 212 g/mol. The van der Waals surface area contributed by atoms with Crippen molar-refractivity contribution in [3.63, 3.8) is 0 Å². The van der Waals surface area contributed by atoms with E-state index in [-0.39, 0.29) is 5.54 Å². The van der Waals surface area contributed by atoms with Gasteiger partial charge in [0.05, 0.1) is 5.54 Å². The number of hydrogen-bond donors (Lipinski definition) is 1. The Labute approximate surface area is 94.0 Å². The van der Waals surface area contributed by atoms with Gasteiger partial charge in [-0.2, -0.15) is 0 Å². The Hall–Kier alpha value is -1.22. The summed E-state index contributed by atoms with van der Waals surface area (Å²) in [6, 6.07) is 7.29. The number of nitrogens with zero attached hydrogens (tertiary/aromatic N) is 2. The van der Waals surface area contributed by atoms with Gasteiger partial charge in [0.1, 0.15) is 0 Å². The molecule has 1 heterocycles. The van der Waals surface area contributed by atoms with Crippen molar-refractivity contribution in [2.24, 2.45) is 5.16 Å². The second-order valence-electron chi connectivity index (χ2n) is 4.33. The van der Waals surface area contributed by atoms with E-state index in [4.69, 9.17) is 16.8 Å². The first-order chi connectivity index (χ1) is 7.04. The van der Waals surface area contributed by atoms with E-state index >= 15 is 0 Å². The maximum Gasteiger partial charge on any atom is 0.175 e. The second-order valence-corrected chi connectivity index (χ2v) is 4.77. The summed E-state index contributed by atoms with van der Waals surface area (Å²) in [7, 11) is 0. The van der Waals surface area contributed by atoms with Gasteiger partial charge in [-0.3, -0.25) is 0 Å². The molecule has 4 heteroatoms. The predicted molar refractivity (Wildman–Crippen MR) is 60.6 cm³/mol. The number of benzene rings is 1. The van der Waals surface area contributed by atoms with Gasteiger partial charge in [0.15, 0.2) is 5.84 Å². The normalized spacial score (nSPS) is 19.1. The minimum atomic E-state index is 0.0984. The molecule has 1 saturated heterocycles. The zero-order valence-electron chi connectivity index (χ0n) is 8.74. The minimum absolute atomic E-state index is 0.0984. The Kier molecular flexibility index (Phi) is 2.35. The molecule has 0 spiro atoms. The van der Waals surface area contributed by atoms with E-state index in [1.807, 2.05) is 17.0 Å². The van der Waals surface area contributed by atoms with Crippen LogP contribution in [0, 0.1) is 0 Å². The zero-order chi connectivity index (χ0) is 11.1. The topological polar surface area (TPSA) is 35.6 Å². The zero-order valence-corrected chi connectivity index (χ0v) is 9.49. The molecule has 1 aliphatic rings. The van der Waals surface area contributed by atoms with Crippen LogP contribution in [-0.2, 0) is 0 Å². The van der Waals surface area contributed by atoms with Crippen molar-refractivity contribution in [1.82, 2.24) is 4.90 Å². The van der Waals surface area contributed by atoms with Crippen molar-refractivity contribution in [2.75, 3.05) is 6.54 Å². The van der Waals surface area contributed by atoms with Crippen LogP contribution in [0.4, 0.5) is 0 Å². The summed E-state index contributed by atoms with van der Waals surface area (Å²) >= 11 is 5.79. The van der Waals surface area contributed by atoms with Crippen molar-refractivity contribution in [2.45, 2.75) is 19.4 Å². The van der Waals surface area contributed by atoms with E-state index in [2.05, 4.69) is 19.0 Å². The van der Waals surface area contributed by atoms with E-state index in [1.165, 1.54) is 0 Å². The van der Waals surface area contributed by atoms with Crippen LogP contribution in [0.1, 0.15) is 19.4 Å². The Morgan fingerprint density at radius 3 is 2.33 bits per heavy atom. The lowest BCUT2D eigenvalue weighted by atomic mass is 10.2. The minimum Gasteiger partial charge on any atom is -0.409 e. The Balaban J connectivity index is 2.26. The molecule has 0 atom stereocenters. The van der Waals surface area contributed by atoms with Gasteiger partial charge in [-0.15, -0.1) is 0 Å². The van der Waals surface area contributed by atoms with Gasteiger partial charge in [-0.1, -0.05) is 16.8 Å². The monoisotopic (exact) mass is 224 g/mol. The third-order valence-electron chi connectivity index (χ3n) is 2.63. The molecule has 0 unspecified atom stereocenters. The van der Waals surface area contributed by atoms with Gasteiger partial charge in [-0.25, -0.2) is 0 Å². The number of hydrogen-bond acceptors (Lipinski definition) is 2. The fraction of sp³-hybridized carbons (Fsp3) is 0.364. The van der Waals surface area contributed by atoms with Gasteiger partial charge >= 0.3 is 0 Å². The fourth-order valence-corrected chi connectivity index (χ4v) is 1.71. The van der Waals surface area contributed by atoms with Crippen molar-refractivity contribution in [3.8, 4) is 0 Å². The third-order valence-corrected chi connectivity index (χ3v) is 2.88. The molecule has 3 nitrogen and oxygen atoms in total. The highest BCUT2D eigenvalue weighted by Crippen LogP contribution is 2.33. The lowest BCUT2D eigenvalue weighted by Crippen LogP contribution is -2.19. The molecule has 1 aliphatic heterocycles.